The minimum atomic E-state index is -0.560. The van der Waals surface area contributed by atoms with E-state index >= 15 is 0 Å². The zero-order chi connectivity index (χ0) is 36.1. The molecular weight excluding hydrogens is 657 g/mol. The summed E-state index contributed by atoms with van der Waals surface area (Å²) in [6, 6.07) is 68.5. The molecule has 1 aliphatic rings. The number of aromatic nitrogens is 3. The second kappa shape index (κ2) is 12.8. The van der Waals surface area contributed by atoms with E-state index in [1.807, 2.05) is 72.8 Å². The Labute approximate surface area is 314 Å². The van der Waals surface area contributed by atoms with E-state index in [9.17, 15) is 0 Å². The summed E-state index contributed by atoms with van der Waals surface area (Å²) < 4.78 is 0. The number of nitrogens with two attached hydrogens (primary N) is 1. The van der Waals surface area contributed by atoms with Gasteiger partial charge in [-0.3, -0.25) is 0 Å². The summed E-state index contributed by atoms with van der Waals surface area (Å²) in [5.41, 5.74) is 18.8. The molecule has 9 aromatic rings. The summed E-state index contributed by atoms with van der Waals surface area (Å²) >= 11 is 0. The summed E-state index contributed by atoms with van der Waals surface area (Å²) in [6.45, 7) is 0. The smallest absolute Gasteiger partial charge is 0.164 e. The molecule has 254 valence electrons. The molecule has 0 fully saturated rings. The van der Waals surface area contributed by atoms with Gasteiger partial charge >= 0.3 is 0 Å². The zero-order valence-electron chi connectivity index (χ0n) is 29.4. The van der Waals surface area contributed by atoms with Crippen LogP contribution in [-0.2, 0) is 5.41 Å². The first-order valence-corrected chi connectivity index (χ1v) is 18.2. The van der Waals surface area contributed by atoms with Crippen molar-refractivity contribution in [2.75, 3.05) is 5.73 Å². The number of hydrogen-bond acceptors (Lipinski definition) is 4. The number of anilines is 1. The van der Waals surface area contributed by atoms with Gasteiger partial charge in [0.2, 0.25) is 0 Å². The van der Waals surface area contributed by atoms with E-state index < -0.39 is 5.41 Å². The number of hydrogen-bond donors (Lipinski definition) is 1. The molecule has 2 N–H and O–H groups in total. The van der Waals surface area contributed by atoms with Crippen LogP contribution >= 0.6 is 0 Å². The van der Waals surface area contributed by atoms with Gasteiger partial charge in [0.1, 0.15) is 0 Å². The van der Waals surface area contributed by atoms with Gasteiger partial charge in [-0.2, -0.15) is 0 Å². The average Bonchev–Trinajstić information content (AvgIpc) is 3.53. The van der Waals surface area contributed by atoms with Crippen LogP contribution in [0.25, 0.3) is 67.2 Å². The lowest BCUT2D eigenvalue weighted by atomic mass is 9.67. The van der Waals surface area contributed by atoms with Gasteiger partial charge in [0.15, 0.2) is 17.5 Å². The van der Waals surface area contributed by atoms with Crippen molar-refractivity contribution < 1.29 is 0 Å². The molecule has 0 saturated heterocycles. The number of nitrogen functional groups attached to an aromatic ring is 1. The molecule has 4 nitrogen and oxygen atoms in total. The third kappa shape index (κ3) is 5.19. The molecule has 54 heavy (non-hydrogen) atoms. The summed E-state index contributed by atoms with van der Waals surface area (Å²) in [6.07, 6.45) is 0. The molecule has 1 aliphatic carbocycles. The minimum Gasteiger partial charge on any atom is -0.399 e. The van der Waals surface area contributed by atoms with Crippen molar-refractivity contribution in [3.05, 3.63) is 216 Å². The van der Waals surface area contributed by atoms with E-state index in [2.05, 4.69) is 121 Å². The lowest BCUT2D eigenvalue weighted by Gasteiger charge is -2.34. The first-order valence-electron chi connectivity index (χ1n) is 18.2. The molecule has 0 spiro atoms. The van der Waals surface area contributed by atoms with Gasteiger partial charge in [0.25, 0.3) is 0 Å². The van der Waals surface area contributed by atoms with Gasteiger partial charge in [-0.15, -0.1) is 0 Å². The van der Waals surface area contributed by atoms with E-state index in [0.717, 1.165) is 44.3 Å². The fourth-order valence-corrected chi connectivity index (χ4v) is 8.16. The van der Waals surface area contributed by atoms with E-state index in [1.54, 1.807) is 0 Å². The lowest BCUT2D eigenvalue weighted by Crippen LogP contribution is -2.28. The largest absolute Gasteiger partial charge is 0.399 e. The standard InChI is InChI=1S/C50H34N4/c51-42-26-23-33(24-27-42)37-25-28-43-44-30-36-21-22-38(49-53-47(34-13-5-1-6-14-34)52-48(54-49)35-15-7-2-8-16-35)29-39(36)32-46(44)50(45(43)31-37,40-17-9-3-10-18-40)41-19-11-4-12-20-41/h1-32H,51H2. The van der Waals surface area contributed by atoms with Crippen LogP contribution < -0.4 is 5.73 Å². The Bertz CT molecular complexity index is 2700. The molecule has 8 aromatic carbocycles. The van der Waals surface area contributed by atoms with Crippen molar-refractivity contribution in [2.24, 2.45) is 0 Å². The Morgan fingerprint density at radius 3 is 1.39 bits per heavy atom. The number of fused-ring (bicyclic) bond motifs is 4. The SMILES string of the molecule is Nc1ccc(-c2ccc3c(c2)C(c2ccccc2)(c2ccccc2)c2cc4cc(-c5nc(-c6ccccc6)nc(-c6ccccc6)n5)ccc4cc2-3)cc1. The topological polar surface area (TPSA) is 64.7 Å². The van der Waals surface area contributed by atoms with Crippen LogP contribution in [0.2, 0.25) is 0 Å². The molecule has 1 heterocycles. The third-order valence-electron chi connectivity index (χ3n) is 10.7. The number of rotatable bonds is 6. The van der Waals surface area contributed by atoms with Crippen molar-refractivity contribution in [2.45, 2.75) is 5.41 Å². The van der Waals surface area contributed by atoms with E-state index in [1.165, 1.54) is 33.4 Å². The maximum atomic E-state index is 6.10. The predicted molar refractivity (Wildman–Crippen MR) is 221 cm³/mol. The highest BCUT2D eigenvalue weighted by atomic mass is 15.0. The molecule has 4 heteroatoms. The quantitative estimate of drug-likeness (QED) is 0.176. The van der Waals surface area contributed by atoms with Crippen molar-refractivity contribution >= 4 is 16.5 Å². The summed E-state index contributed by atoms with van der Waals surface area (Å²) in [4.78, 5) is 15.0. The summed E-state index contributed by atoms with van der Waals surface area (Å²) in [7, 11) is 0. The van der Waals surface area contributed by atoms with E-state index in [-0.39, 0.29) is 0 Å². The summed E-state index contributed by atoms with van der Waals surface area (Å²) in [5.74, 6) is 1.93. The van der Waals surface area contributed by atoms with Crippen LogP contribution in [0.5, 0.6) is 0 Å². The average molecular weight is 691 g/mol. The minimum absolute atomic E-state index is 0.560. The molecule has 0 unspecified atom stereocenters. The van der Waals surface area contributed by atoms with Crippen LogP contribution in [0, 0.1) is 0 Å². The highest BCUT2D eigenvalue weighted by Gasteiger charge is 2.46. The number of nitrogens with zero attached hydrogens (tertiary/aromatic N) is 3. The molecule has 0 atom stereocenters. The normalized spacial score (nSPS) is 12.7. The maximum Gasteiger partial charge on any atom is 0.164 e. The highest BCUT2D eigenvalue weighted by Crippen LogP contribution is 2.57. The van der Waals surface area contributed by atoms with Gasteiger partial charge in [-0.05, 0) is 91.7 Å². The van der Waals surface area contributed by atoms with Crippen molar-refractivity contribution in [1.82, 2.24) is 15.0 Å². The van der Waals surface area contributed by atoms with Crippen LogP contribution in [0.3, 0.4) is 0 Å². The second-order valence-electron chi connectivity index (χ2n) is 13.9. The van der Waals surface area contributed by atoms with Gasteiger partial charge in [-0.1, -0.05) is 158 Å². The van der Waals surface area contributed by atoms with Gasteiger partial charge < -0.3 is 5.73 Å². The van der Waals surface area contributed by atoms with Gasteiger partial charge in [0.05, 0.1) is 5.41 Å². The van der Waals surface area contributed by atoms with Crippen molar-refractivity contribution in [3.8, 4) is 56.4 Å². The fourth-order valence-electron chi connectivity index (χ4n) is 8.16. The van der Waals surface area contributed by atoms with Gasteiger partial charge in [0, 0.05) is 22.4 Å². The second-order valence-corrected chi connectivity index (χ2v) is 13.9. The summed E-state index contributed by atoms with van der Waals surface area (Å²) in [5, 5.41) is 2.28. The Balaban J connectivity index is 1.21. The molecular formula is C50H34N4. The monoisotopic (exact) mass is 690 g/mol. The van der Waals surface area contributed by atoms with Crippen molar-refractivity contribution in [1.29, 1.82) is 0 Å². The molecule has 0 bridgehead atoms. The van der Waals surface area contributed by atoms with E-state index in [0.29, 0.717) is 17.5 Å². The van der Waals surface area contributed by atoms with Crippen LogP contribution in [-0.4, -0.2) is 15.0 Å². The van der Waals surface area contributed by atoms with Crippen LogP contribution in [0.4, 0.5) is 5.69 Å². The first kappa shape index (κ1) is 31.6. The molecule has 0 saturated carbocycles. The maximum absolute atomic E-state index is 6.10. The Morgan fingerprint density at radius 1 is 0.333 bits per heavy atom. The molecule has 0 aliphatic heterocycles. The molecule has 0 amide bonds. The Kier molecular flexibility index (Phi) is 7.48. The fraction of sp³-hybridized carbons (Fsp3) is 0.0200. The Morgan fingerprint density at radius 2 is 0.815 bits per heavy atom. The van der Waals surface area contributed by atoms with Crippen LogP contribution in [0.15, 0.2) is 194 Å². The molecule has 1 aromatic heterocycles. The zero-order valence-corrected chi connectivity index (χ0v) is 29.4. The first-order chi connectivity index (χ1) is 26.6. The van der Waals surface area contributed by atoms with Crippen LogP contribution in [0.1, 0.15) is 22.3 Å². The number of benzene rings is 8. The lowest BCUT2D eigenvalue weighted by molar-refractivity contribution is 0.770. The third-order valence-corrected chi connectivity index (χ3v) is 10.7. The predicted octanol–water partition coefficient (Wildman–Crippen LogP) is 11.6. The van der Waals surface area contributed by atoms with Crippen molar-refractivity contribution in [3.63, 3.8) is 0 Å². The highest BCUT2D eigenvalue weighted by molar-refractivity contribution is 5.98. The van der Waals surface area contributed by atoms with E-state index in [4.69, 9.17) is 20.7 Å². The Hall–Kier alpha value is -7.17. The molecule has 10 rings (SSSR count). The van der Waals surface area contributed by atoms with Gasteiger partial charge in [-0.25, -0.2) is 15.0 Å². The molecule has 0 radical (unpaired) electrons.